The van der Waals surface area contributed by atoms with Crippen molar-refractivity contribution in [3.8, 4) is 0 Å². The largest absolute Gasteiger partial charge is 0.388 e. The van der Waals surface area contributed by atoms with Gasteiger partial charge in [0.2, 0.25) is 0 Å². The molecule has 1 rings (SSSR count). The maximum Gasteiger partial charge on any atom is 0.0827 e. The summed E-state index contributed by atoms with van der Waals surface area (Å²) in [5, 5.41) is 9.88. The molecule has 1 heterocycles. The molecular weight excluding hydrogens is 186 g/mol. The third-order valence-corrected chi connectivity index (χ3v) is 2.71. The topological polar surface area (TPSA) is 25.2 Å². The smallest absolute Gasteiger partial charge is 0.0827 e. The van der Waals surface area contributed by atoms with Crippen molar-refractivity contribution < 1.29 is 5.11 Å². The van der Waals surface area contributed by atoms with E-state index >= 15 is 0 Å². The summed E-state index contributed by atoms with van der Waals surface area (Å²) in [6, 6.07) is 2.02. The number of rotatable bonds is 5. The number of aromatic nitrogens is 1. The fraction of sp³-hybridized carbons (Fsp3) is 0.692. The fourth-order valence-electron chi connectivity index (χ4n) is 1.57. The van der Waals surface area contributed by atoms with Gasteiger partial charge in [-0.05, 0) is 29.9 Å². The summed E-state index contributed by atoms with van der Waals surface area (Å²) in [4.78, 5) is 0. The first-order valence-electron chi connectivity index (χ1n) is 5.84. The quantitative estimate of drug-likeness (QED) is 0.791. The van der Waals surface area contributed by atoms with Crippen molar-refractivity contribution in [2.45, 2.75) is 46.8 Å². The van der Waals surface area contributed by atoms with E-state index in [0.29, 0.717) is 0 Å². The van der Waals surface area contributed by atoms with Crippen LogP contribution < -0.4 is 0 Å². The Morgan fingerprint density at radius 1 is 1.27 bits per heavy atom. The molecule has 1 N–H and O–H groups in total. The maximum absolute atomic E-state index is 9.88. The Morgan fingerprint density at radius 2 is 1.93 bits per heavy atom. The van der Waals surface area contributed by atoms with Gasteiger partial charge in [0, 0.05) is 18.9 Å². The number of nitrogens with zero attached hydrogens (tertiary/aromatic N) is 1. The van der Waals surface area contributed by atoms with Gasteiger partial charge in [0.1, 0.15) is 0 Å². The van der Waals surface area contributed by atoms with Crippen LogP contribution >= 0.6 is 0 Å². The van der Waals surface area contributed by atoms with Gasteiger partial charge in [-0.3, -0.25) is 0 Å². The number of aliphatic hydroxyl groups is 1. The van der Waals surface area contributed by atoms with E-state index in [1.807, 2.05) is 19.9 Å². The molecule has 0 aliphatic rings. The standard InChI is InChI=1S/C13H23NO/c1-10(2)5-7-14-8-6-12(9-14)13(15)11(3)4/h6,8-11,13,15H,5,7H2,1-4H3. The molecule has 0 saturated heterocycles. The monoisotopic (exact) mass is 209 g/mol. The second-order valence-electron chi connectivity index (χ2n) is 5.05. The first kappa shape index (κ1) is 12.3. The minimum absolute atomic E-state index is 0.283. The van der Waals surface area contributed by atoms with Gasteiger partial charge in [0.05, 0.1) is 6.10 Å². The Labute approximate surface area is 92.9 Å². The lowest BCUT2D eigenvalue weighted by atomic mass is 10.0. The van der Waals surface area contributed by atoms with Gasteiger partial charge in [-0.2, -0.15) is 0 Å². The molecule has 0 aromatic carbocycles. The molecule has 2 nitrogen and oxygen atoms in total. The zero-order valence-corrected chi connectivity index (χ0v) is 10.3. The van der Waals surface area contributed by atoms with E-state index in [1.54, 1.807) is 0 Å². The summed E-state index contributed by atoms with van der Waals surface area (Å²) in [7, 11) is 0. The van der Waals surface area contributed by atoms with E-state index in [4.69, 9.17) is 0 Å². The van der Waals surface area contributed by atoms with Crippen LogP contribution in [0.3, 0.4) is 0 Å². The molecule has 2 heteroatoms. The molecule has 86 valence electrons. The van der Waals surface area contributed by atoms with Gasteiger partial charge in [-0.1, -0.05) is 27.7 Å². The molecule has 1 atom stereocenters. The Kier molecular flexibility index (Phi) is 4.40. The van der Waals surface area contributed by atoms with E-state index in [0.717, 1.165) is 18.0 Å². The molecule has 0 bridgehead atoms. The Bertz CT molecular complexity index is 288. The zero-order valence-electron chi connectivity index (χ0n) is 10.3. The van der Waals surface area contributed by atoms with Crippen molar-refractivity contribution in [3.63, 3.8) is 0 Å². The summed E-state index contributed by atoms with van der Waals surface area (Å²) >= 11 is 0. The molecule has 0 aliphatic carbocycles. The Hall–Kier alpha value is -0.760. The van der Waals surface area contributed by atoms with Crippen LogP contribution in [-0.4, -0.2) is 9.67 Å². The summed E-state index contributed by atoms with van der Waals surface area (Å²) in [5.74, 6) is 1.01. The lowest BCUT2D eigenvalue weighted by Gasteiger charge is -2.12. The molecule has 0 aliphatic heterocycles. The lowest BCUT2D eigenvalue weighted by Crippen LogP contribution is -2.04. The molecule has 0 spiro atoms. The van der Waals surface area contributed by atoms with Gasteiger partial charge in [-0.15, -0.1) is 0 Å². The summed E-state index contributed by atoms with van der Waals surface area (Å²) < 4.78 is 2.17. The van der Waals surface area contributed by atoms with Gasteiger partial charge < -0.3 is 9.67 Å². The van der Waals surface area contributed by atoms with Crippen LogP contribution in [0.2, 0.25) is 0 Å². The first-order valence-corrected chi connectivity index (χ1v) is 5.84. The van der Waals surface area contributed by atoms with Crippen molar-refractivity contribution in [2.24, 2.45) is 11.8 Å². The predicted octanol–water partition coefficient (Wildman–Crippen LogP) is 3.22. The van der Waals surface area contributed by atoms with Gasteiger partial charge >= 0.3 is 0 Å². The molecule has 1 aromatic rings. The van der Waals surface area contributed by atoms with E-state index in [1.165, 1.54) is 6.42 Å². The van der Waals surface area contributed by atoms with E-state index in [2.05, 4.69) is 30.8 Å². The average molecular weight is 209 g/mol. The molecule has 15 heavy (non-hydrogen) atoms. The highest BCUT2D eigenvalue weighted by Crippen LogP contribution is 2.21. The molecule has 0 saturated carbocycles. The predicted molar refractivity (Wildman–Crippen MR) is 63.7 cm³/mol. The van der Waals surface area contributed by atoms with Crippen LogP contribution in [0, 0.1) is 11.8 Å². The summed E-state index contributed by atoms with van der Waals surface area (Å²) in [6.07, 6.45) is 4.98. The van der Waals surface area contributed by atoms with Gasteiger partial charge in [0.25, 0.3) is 0 Å². The van der Waals surface area contributed by atoms with Crippen molar-refractivity contribution in [2.75, 3.05) is 0 Å². The summed E-state index contributed by atoms with van der Waals surface area (Å²) in [5.41, 5.74) is 1.04. The second kappa shape index (κ2) is 5.36. The third kappa shape index (κ3) is 3.71. The lowest BCUT2D eigenvalue weighted by molar-refractivity contribution is 0.127. The highest BCUT2D eigenvalue weighted by molar-refractivity contribution is 5.14. The second-order valence-corrected chi connectivity index (χ2v) is 5.05. The van der Waals surface area contributed by atoms with Crippen molar-refractivity contribution in [3.05, 3.63) is 24.0 Å². The maximum atomic E-state index is 9.88. The molecule has 0 radical (unpaired) electrons. The Balaban J connectivity index is 2.56. The van der Waals surface area contributed by atoms with E-state index in [9.17, 15) is 5.11 Å². The van der Waals surface area contributed by atoms with Crippen molar-refractivity contribution in [1.82, 2.24) is 4.57 Å². The minimum Gasteiger partial charge on any atom is -0.388 e. The van der Waals surface area contributed by atoms with Gasteiger partial charge in [-0.25, -0.2) is 0 Å². The molecular formula is C13H23NO. The Morgan fingerprint density at radius 3 is 2.47 bits per heavy atom. The highest BCUT2D eigenvalue weighted by atomic mass is 16.3. The number of aliphatic hydroxyl groups excluding tert-OH is 1. The normalized spacial score (nSPS) is 13.8. The van der Waals surface area contributed by atoms with Crippen LogP contribution in [0.25, 0.3) is 0 Å². The first-order chi connectivity index (χ1) is 7.00. The minimum atomic E-state index is -0.328. The SMILES string of the molecule is CC(C)CCn1ccc(C(O)C(C)C)c1. The van der Waals surface area contributed by atoms with Crippen LogP contribution in [0.1, 0.15) is 45.8 Å². The number of hydrogen-bond acceptors (Lipinski definition) is 1. The van der Waals surface area contributed by atoms with Crippen molar-refractivity contribution >= 4 is 0 Å². The van der Waals surface area contributed by atoms with E-state index < -0.39 is 0 Å². The third-order valence-electron chi connectivity index (χ3n) is 2.71. The fourth-order valence-corrected chi connectivity index (χ4v) is 1.57. The van der Waals surface area contributed by atoms with Crippen LogP contribution in [0.15, 0.2) is 18.5 Å². The number of aryl methyl sites for hydroxylation is 1. The van der Waals surface area contributed by atoms with Crippen molar-refractivity contribution in [1.29, 1.82) is 0 Å². The number of hydrogen-bond donors (Lipinski definition) is 1. The highest BCUT2D eigenvalue weighted by Gasteiger charge is 2.12. The van der Waals surface area contributed by atoms with Gasteiger partial charge in [0.15, 0.2) is 0 Å². The van der Waals surface area contributed by atoms with Crippen LogP contribution in [0.4, 0.5) is 0 Å². The van der Waals surface area contributed by atoms with Crippen LogP contribution in [-0.2, 0) is 6.54 Å². The zero-order chi connectivity index (χ0) is 11.4. The van der Waals surface area contributed by atoms with E-state index in [-0.39, 0.29) is 12.0 Å². The average Bonchev–Trinajstić information content (AvgIpc) is 2.61. The molecule has 0 fully saturated rings. The summed E-state index contributed by atoms with van der Waals surface area (Å²) in [6.45, 7) is 9.58. The molecule has 0 amide bonds. The van der Waals surface area contributed by atoms with Crippen LogP contribution in [0.5, 0.6) is 0 Å². The molecule has 1 aromatic heterocycles. The molecule has 1 unspecified atom stereocenters.